The van der Waals surface area contributed by atoms with Gasteiger partial charge in [-0.15, -0.1) is 21.5 Å². The highest BCUT2D eigenvalue weighted by Gasteiger charge is 2.25. The van der Waals surface area contributed by atoms with Crippen molar-refractivity contribution in [3.05, 3.63) is 104 Å². The first-order valence-electron chi connectivity index (χ1n) is 12.8. The molecule has 0 bridgehead atoms. The van der Waals surface area contributed by atoms with E-state index in [1.54, 1.807) is 0 Å². The molecule has 0 atom stereocenters. The SMILES string of the molecule is O=C(c1csc(CSc2nnc(-c3ccccc3Cl)n2-c2cccc(Cl)c2)n1)N1CCN(c2ccccc2Cl)CC1. The lowest BCUT2D eigenvalue weighted by molar-refractivity contribution is 0.0741. The summed E-state index contributed by atoms with van der Waals surface area (Å²) in [7, 11) is 0. The van der Waals surface area contributed by atoms with Gasteiger partial charge in [0.15, 0.2) is 11.0 Å². The van der Waals surface area contributed by atoms with Gasteiger partial charge in [-0.3, -0.25) is 9.36 Å². The number of thioether (sulfide) groups is 1. The summed E-state index contributed by atoms with van der Waals surface area (Å²) in [6.45, 7) is 2.66. The molecule has 41 heavy (non-hydrogen) atoms. The van der Waals surface area contributed by atoms with E-state index in [2.05, 4.69) is 20.1 Å². The first-order valence-corrected chi connectivity index (χ1v) is 15.8. The lowest BCUT2D eigenvalue weighted by atomic mass is 10.2. The number of para-hydroxylation sites is 1. The number of thiazole rings is 1. The van der Waals surface area contributed by atoms with Gasteiger partial charge in [-0.2, -0.15) is 0 Å². The van der Waals surface area contributed by atoms with Crippen molar-refractivity contribution < 1.29 is 4.79 Å². The highest BCUT2D eigenvalue weighted by atomic mass is 35.5. The monoisotopic (exact) mass is 640 g/mol. The second-order valence-electron chi connectivity index (χ2n) is 9.25. The third kappa shape index (κ3) is 6.10. The van der Waals surface area contributed by atoms with Crippen LogP contribution in [0.25, 0.3) is 17.1 Å². The van der Waals surface area contributed by atoms with Crippen LogP contribution in [0.4, 0.5) is 5.69 Å². The van der Waals surface area contributed by atoms with Gasteiger partial charge in [-0.05, 0) is 42.5 Å². The summed E-state index contributed by atoms with van der Waals surface area (Å²) in [5.74, 6) is 1.09. The van der Waals surface area contributed by atoms with E-state index < -0.39 is 0 Å². The van der Waals surface area contributed by atoms with Gasteiger partial charge in [0, 0.05) is 42.1 Å². The van der Waals surface area contributed by atoms with Crippen LogP contribution >= 0.6 is 57.9 Å². The molecule has 1 fully saturated rings. The maximum Gasteiger partial charge on any atom is 0.273 e. The van der Waals surface area contributed by atoms with Gasteiger partial charge in [0.05, 0.1) is 27.2 Å². The number of halogens is 3. The van der Waals surface area contributed by atoms with Crippen LogP contribution in [0.15, 0.2) is 83.3 Å². The molecular weight excluding hydrogens is 619 g/mol. The van der Waals surface area contributed by atoms with Crippen LogP contribution in [-0.4, -0.2) is 56.7 Å². The molecule has 1 aliphatic heterocycles. The lowest BCUT2D eigenvalue weighted by Crippen LogP contribution is -2.49. The van der Waals surface area contributed by atoms with Crippen LogP contribution in [-0.2, 0) is 5.75 Å². The predicted octanol–water partition coefficient (Wildman–Crippen LogP) is 7.61. The second-order valence-corrected chi connectivity index (χ2v) is 12.4. The Kier molecular flexibility index (Phi) is 8.50. The largest absolute Gasteiger partial charge is 0.367 e. The van der Waals surface area contributed by atoms with Crippen molar-refractivity contribution in [1.82, 2.24) is 24.6 Å². The Hall–Kier alpha value is -3.08. The van der Waals surface area contributed by atoms with Crippen molar-refractivity contribution in [2.45, 2.75) is 10.9 Å². The minimum Gasteiger partial charge on any atom is -0.367 e. The number of benzene rings is 3. The summed E-state index contributed by atoms with van der Waals surface area (Å²) in [6.07, 6.45) is 0. The average molecular weight is 642 g/mol. The summed E-state index contributed by atoms with van der Waals surface area (Å²) in [5, 5.41) is 14.2. The van der Waals surface area contributed by atoms with E-state index in [0.29, 0.717) is 45.6 Å². The highest BCUT2D eigenvalue weighted by Crippen LogP contribution is 2.34. The normalized spacial score (nSPS) is 13.5. The Morgan fingerprint density at radius 1 is 0.878 bits per heavy atom. The summed E-state index contributed by atoms with van der Waals surface area (Å²) in [6, 6.07) is 22.8. The van der Waals surface area contributed by atoms with Crippen molar-refractivity contribution in [3.63, 3.8) is 0 Å². The molecule has 0 radical (unpaired) electrons. The number of rotatable bonds is 7. The number of hydrogen-bond acceptors (Lipinski definition) is 7. The van der Waals surface area contributed by atoms with Crippen LogP contribution in [0.2, 0.25) is 15.1 Å². The lowest BCUT2D eigenvalue weighted by Gasteiger charge is -2.36. The Bertz CT molecular complexity index is 1700. The zero-order valence-corrected chi connectivity index (χ0v) is 25.5. The average Bonchev–Trinajstić information content (AvgIpc) is 3.64. The first kappa shape index (κ1) is 28.1. The van der Waals surface area contributed by atoms with Gasteiger partial charge in [0.25, 0.3) is 5.91 Å². The standard InChI is InChI=1S/C29H23Cl3N6OS2/c30-19-6-5-7-20(16-19)38-27(21-8-1-2-9-22(21)31)34-35-29(38)41-18-26-33-24(17-40-26)28(39)37-14-12-36(13-15-37)25-11-4-3-10-23(25)32/h1-11,16-17H,12-15,18H2. The molecule has 5 aromatic rings. The Balaban J connectivity index is 1.16. The molecule has 3 aromatic carbocycles. The van der Waals surface area contributed by atoms with Crippen molar-refractivity contribution in [2.75, 3.05) is 31.1 Å². The molecule has 1 aliphatic rings. The molecule has 0 unspecified atom stereocenters. The fourth-order valence-corrected chi connectivity index (χ4v) is 7.05. The number of piperazine rings is 1. The zero-order chi connectivity index (χ0) is 28.3. The van der Waals surface area contributed by atoms with E-state index in [9.17, 15) is 4.79 Å². The molecule has 1 saturated heterocycles. The fourth-order valence-electron chi connectivity index (χ4n) is 4.65. The predicted molar refractivity (Wildman–Crippen MR) is 168 cm³/mol. The van der Waals surface area contributed by atoms with Crippen LogP contribution in [0.1, 0.15) is 15.5 Å². The highest BCUT2D eigenvalue weighted by molar-refractivity contribution is 7.98. The summed E-state index contributed by atoms with van der Waals surface area (Å²) >= 11 is 22.1. The number of anilines is 1. The van der Waals surface area contributed by atoms with E-state index in [4.69, 9.17) is 34.8 Å². The van der Waals surface area contributed by atoms with E-state index in [-0.39, 0.29) is 5.91 Å². The Morgan fingerprint density at radius 3 is 2.39 bits per heavy atom. The minimum atomic E-state index is -0.0561. The zero-order valence-electron chi connectivity index (χ0n) is 21.6. The van der Waals surface area contributed by atoms with Gasteiger partial charge >= 0.3 is 0 Å². The number of nitrogens with zero attached hydrogens (tertiary/aromatic N) is 6. The van der Waals surface area contributed by atoms with Gasteiger partial charge in [0.1, 0.15) is 10.7 Å². The van der Waals surface area contributed by atoms with E-state index in [1.165, 1.54) is 23.1 Å². The van der Waals surface area contributed by atoms with Crippen molar-refractivity contribution in [3.8, 4) is 17.1 Å². The molecule has 0 aliphatic carbocycles. The smallest absolute Gasteiger partial charge is 0.273 e. The molecule has 7 nitrogen and oxygen atoms in total. The van der Waals surface area contributed by atoms with Crippen LogP contribution in [0.3, 0.4) is 0 Å². The van der Waals surface area contributed by atoms with Crippen LogP contribution in [0, 0.1) is 0 Å². The van der Waals surface area contributed by atoms with Gasteiger partial charge < -0.3 is 9.80 Å². The van der Waals surface area contributed by atoms with E-state index >= 15 is 0 Å². The summed E-state index contributed by atoms with van der Waals surface area (Å²) in [5.41, 5.74) is 3.05. The van der Waals surface area contributed by atoms with Crippen LogP contribution < -0.4 is 4.90 Å². The number of amides is 1. The Labute approximate surface area is 260 Å². The molecule has 3 heterocycles. The molecule has 12 heteroatoms. The van der Waals surface area contributed by atoms with Gasteiger partial charge in [-0.25, -0.2) is 4.98 Å². The van der Waals surface area contributed by atoms with Crippen molar-refractivity contribution in [1.29, 1.82) is 0 Å². The second kappa shape index (κ2) is 12.4. The number of carbonyl (C=O) groups is 1. The van der Waals surface area contributed by atoms with Gasteiger partial charge in [-0.1, -0.05) is 76.9 Å². The topological polar surface area (TPSA) is 67.2 Å². The molecule has 208 valence electrons. The van der Waals surface area contributed by atoms with E-state index in [0.717, 1.165) is 40.1 Å². The quantitative estimate of drug-likeness (QED) is 0.171. The van der Waals surface area contributed by atoms with Crippen molar-refractivity contribution in [2.24, 2.45) is 0 Å². The number of hydrogen-bond donors (Lipinski definition) is 0. The first-order chi connectivity index (χ1) is 20.0. The molecular formula is C29H23Cl3N6OS2. The molecule has 0 saturated carbocycles. The minimum absolute atomic E-state index is 0.0561. The number of carbonyl (C=O) groups excluding carboxylic acids is 1. The maximum atomic E-state index is 13.2. The summed E-state index contributed by atoms with van der Waals surface area (Å²) in [4.78, 5) is 21.9. The van der Waals surface area contributed by atoms with E-state index in [1.807, 2.05) is 87.6 Å². The molecule has 2 aromatic heterocycles. The maximum absolute atomic E-state index is 13.2. The summed E-state index contributed by atoms with van der Waals surface area (Å²) < 4.78 is 1.94. The Morgan fingerprint density at radius 2 is 1.63 bits per heavy atom. The van der Waals surface area contributed by atoms with Gasteiger partial charge in [0.2, 0.25) is 0 Å². The van der Waals surface area contributed by atoms with Crippen LogP contribution in [0.5, 0.6) is 0 Å². The molecule has 0 N–H and O–H groups in total. The number of aromatic nitrogens is 4. The molecule has 6 rings (SSSR count). The fraction of sp³-hybridized carbons (Fsp3) is 0.172. The third-order valence-electron chi connectivity index (χ3n) is 6.67. The third-order valence-corrected chi connectivity index (χ3v) is 9.53. The molecule has 1 amide bonds. The van der Waals surface area contributed by atoms with Crippen molar-refractivity contribution >= 4 is 69.5 Å². The molecule has 0 spiro atoms.